The smallest absolute Gasteiger partial charge is 0.335 e. The van der Waals surface area contributed by atoms with Crippen molar-refractivity contribution in [3.8, 4) is 22.6 Å². The lowest BCUT2D eigenvalue weighted by molar-refractivity contribution is 0.0697. The molecule has 0 saturated carbocycles. The van der Waals surface area contributed by atoms with Gasteiger partial charge in [0.2, 0.25) is 0 Å². The van der Waals surface area contributed by atoms with Crippen LogP contribution in [0.1, 0.15) is 15.9 Å². The minimum absolute atomic E-state index is 0.245. The van der Waals surface area contributed by atoms with E-state index in [1.54, 1.807) is 28.8 Å². The maximum absolute atomic E-state index is 11.0. The van der Waals surface area contributed by atoms with Crippen molar-refractivity contribution in [2.45, 2.75) is 6.92 Å². The van der Waals surface area contributed by atoms with E-state index in [2.05, 4.69) is 15.3 Å². The first-order valence-corrected chi connectivity index (χ1v) is 7.75. The van der Waals surface area contributed by atoms with Crippen molar-refractivity contribution in [1.29, 1.82) is 0 Å². The van der Waals surface area contributed by atoms with Crippen LogP contribution in [-0.2, 0) is 0 Å². The van der Waals surface area contributed by atoms with E-state index in [1.807, 2.05) is 43.3 Å². The second-order valence-electron chi connectivity index (χ2n) is 5.76. The number of carbonyl (C=O) groups is 1. The number of aryl methyl sites for hydroxylation is 1. The largest absolute Gasteiger partial charge is 0.478 e. The van der Waals surface area contributed by atoms with Gasteiger partial charge in [-0.25, -0.2) is 4.79 Å². The minimum Gasteiger partial charge on any atom is -0.478 e. The molecule has 0 amide bonds. The third-order valence-electron chi connectivity index (χ3n) is 4.00. The first-order chi connectivity index (χ1) is 12.1. The monoisotopic (exact) mass is 330 g/mol. The number of aromatic nitrogens is 4. The highest BCUT2D eigenvalue weighted by Gasteiger charge is 2.11. The van der Waals surface area contributed by atoms with Crippen molar-refractivity contribution in [3.63, 3.8) is 0 Å². The van der Waals surface area contributed by atoms with Gasteiger partial charge in [-0.05, 0) is 31.2 Å². The van der Waals surface area contributed by atoms with Crippen molar-refractivity contribution in [1.82, 2.24) is 19.8 Å². The van der Waals surface area contributed by atoms with Crippen molar-refractivity contribution in [2.24, 2.45) is 0 Å². The molecule has 1 N–H and O–H groups in total. The van der Waals surface area contributed by atoms with Gasteiger partial charge in [-0.15, -0.1) is 10.2 Å². The summed E-state index contributed by atoms with van der Waals surface area (Å²) in [5.74, 6) is -0.283. The summed E-state index contributed by atoms with van der Waals surface area (Å²) in [6.07, 6.45) is 0. The fourth-order valence-electron chi connectivity index (χ4n) is 2.61. The standard InChI is InChI=1S/C19H14N4O2/c1-12-2-4-14(5-3-12)18-21-20-17-11-10-16(22-23(17)18)13-6-8-15(9-7-13)19(24)25/h2-11H,1H3,(H,24,25). The van der Waals surface area contributed by atoms with Crippen molar-refractivity contribution >= 4 is 11.6 Å². The van der Waals surface area contributed by atoms with Gasteiger partial charge in [0.05, 0.1) is 11.3 Å². The molecule has 122 valence electrons. The van der Waals surface area contributed by atoms with Crippen LogP contribution in [0.25, 0.3) is 28.3 Å². The van der Waals surface area contributed by atoms with Gasteiger partial charge in [0.15, 0.2) is 11.5 Å². The Kier molecular flexibility index (Phi) is 3.50. The molecule has 0 radical (unpaired) electrons. The van der Waals surface area contributed by atoms with Crippen molar-refractivity contribution in [3.05, 3.63) is 71.8 Å². The Morgan fingerprint density at radius 1 is 0.880 bits per heavy atom. The summed E-state index contributed by atoms with van der Waals surface area (Å²) in [6, 6.07) is 18.3. The highest BCUT2D eigenvalue weighted by molar-refractivity contribution is 5.88. The second-order valence-corrected chi connectivity index (χ2v) is 5.76. The van der Waals surface area contributed by atoms with Crippen molar-refractivity contribution in [2.75, 3.05) is 0 Å². The molecule has 6 heteroatoms. The fraction of sp³-hybridized carbons (Fsp3) is 0.0526. The molecular formula is C19H14N4O2. The summed E-state index contributed by atoms with van der Waals surface area (Å²) in [6.45, 7) is 2.03. The summed E-state index contributed by atoms with van der Waals surface area (Å²) in [4.78, 5) is 11.0. The zero-order valence-electron chi connectivity index (χ0n) is 13.4. The first kappa shape index (κ1) is 15.0. The fourth-order valence-corrected chi connectivity index (χ4v) is 2.61. The zero-order chi connectivity index (χ0) is 17.4. The molecule has 2 aromatic heterocycles. The van der Waals surface area contributed by atoms with E-state index in [4.69, 9.17) is 5.11 Å². The third-order valence-corrected chi connectivity index (χ3v) is 4.00. The average Bonchev–Trinajstić information content (AvgIpc) is 3.05. The molecule has 0 aliphatic rings. The lowest BCUT2D eigenvalue weighted by atomic mass is 10.1. The SMILES string of the molecule is Cc1ccc(-c2nnc3ccc(-c4ccc(C(=O)O)cc4)nn23)cc1. The van der Waals surface area contributed by atoms with Crippen LogP contribution < -0.4 is 0 Å². The average molecular weight is 330 g/mol. The second kappa shape index (κ2) is 5.83. The number of hydrogen-bond donors (Lipinski definition) is 1. The Labute approximate surface area is 143 Å². The molecular weight excluding hydrogens is 316 g/mol. The van der Waals surface area contributed by atoms with Gasteiger partial charge in [-0.2, -0.15) is 9.61 Å². The van der Waals surface area contributed by atoms with Crippen LogP contribution in [0, 0.1) is 6.92 Å². The Morgan fingerprint density at radius 3 is 2.24 bits per heavy atom. The molecule has 4 aromatic rings. The predicted octanol–water partition coefficient (Wildman–Crippen LogP) is 3.46. The molecule has 25 heavy (non-hydrogen) atoms. The summed E-state index contributed by atoms with van der Waals surface area (Å²) < 4.78 is 1.70. The predicted molar refractivity (Wildman–Crippen MR) is 93.4 cm³/mol. The summed E-state index contributed by atoms with van der Waals surface area (Å²) in [5.41, 5.74) is 4.55. The Bertz CT molecular complexity index is 1070. The zero-order valence-corrected chi connectivity index (χ0v) is 13.4. The number of carboxylic acids is 1. The number of rotatable bonds is 3. The van der Waals surface area contributed by atoms with Crippen molar-refractivity contribution < 1.29 is 9.90 Å². The first-order valence-electron chi connectivity index (χ1n) is 7.75. The van der Waals surface area contributed by atoms with Gasteiger partial charge in [0.25, 0.3) is 0 Å². The Morgan fingerprint density at radius 2 is 1.56 bits per heavy atom. The molecule has 4 rings (SSSR count). The van der Waals surface area contributed by atoms with Crippen LogP contribution in [0.2, 0.25) is 0 Å². The molecule has 2 aromatic carbocycles. The van der Waals surface area contributed by atoms with E-state index in [0.29, 0.717) is 11.5 Å². The van der Waals surface area contributed by atoms with Crippen LogP contribution in [0.5, 0.6) is 0 Å². The van der Waals surface area contributed by atoms with Gasteiger partial charge < -0.3 is 5.11 Å². The minimum atomic E-state index is -0.949. The maximum atomic E-state index is 11.0. The molecule has 0 aliphatic heterocycles. The maximum Gasteiger partial charge on any atom is 0.335 e. The number of fused-ring (bicyclic) bond motifs is 1. The van der Waals surface area contributed by atoms with Crippen LogP contribution in [0.4, 0.5) is 0 Å². The summed E-state index contributed by atoms with van der Waals surface area (Å²) in [7, 11) is 0. The van der Waals surface area contributed by atoms with Crippen LogP contribution in [0.15, 0.2) is 60.7 Å². The number of hydrogen-bond acceptors (Lipinski definition) is 4. The summed E-state index contributed by atoms with van der Waals surface area (Å²) >= 11 is 0. The van der Waals surface area contributed by atoms with Gasteiger partial charge in [-0.3, -0.25) is 0 Å². The highest BCUT2D eigenvalue weighted by Crippen LogP contribution is 2.22. The molecule has 0 spiro atoms. The van der Waals surface area contributed by atoms with E-state index in [-0.39, 0.29) is 5.56 Å². The van der Waals surface area contributed by atoms with Crippen LogP contribution in [0.3, 0.4) is 0 Å². The Balaban J connectivity index is 1.80. The normalized spacial score (nSPS) is 10.9. The van der Waals surface area contributed by atoms with Gasteiger partial charge in [-0.1, -0.05) is 42.0 Å². The molecule has 0 saturated heterocycles. The van der Waals surface area contributed by atoms with Gasteiger partial charge >= 0.3 is 5.97 Å². The number of nitrogens with zero attached hydrogens (tertiary/aromatic N) is 4. The van der Waals surface area contributed by atoms with E-state index in [9.17, 15) is 4.79 Å². The third kappa shape index (κ3) is 2.74. The molecule has 0 bridgehead atoms. The Hall–Kier alpha value is -3.54. The van der Waals surface area contributed by atoms with E-state index < -0.39 is 5.97 Å². The summed E-state index contributed by atoms with van der Waals surface area (Å²) in [5, 5.41) is 22.0. The lowest BCUT2D eigenvalue weighted by Gasteiger charge is -2.04. The molecule has 0 fully saturated rings. The molecule has 0 atom stereocenters. The van der Waals surface area contributed by atoms with Gasteiger partial charge in [0.1, 0.15) is 0 Å². The lowest BCUT2D eigenvalue weighted by Crippen LogP contribution is -1.98. The topological polar surface area (TPSA) is 80.4 Å². The van der Waals surface area contributed by atoms with Crippen LogP contribution in [-0.4, -0.2) is 30.9 Å². The van der Waals surface area contributed by atoms with E-state index in [1.165, 1.54) is 5.56 Å². The number of aromatic carboxylic acids is 1. The molecule has 0 aliphatic carbocycles. The van der Waals surface area contributed by atoms with Gasteiger partial charge in [0, 0.05) is 11.1 Å². The number of benzene rings is 2. The molecule has 6 nitrogen and oxygen atoms in total. The van der Waals surface area contributed by atoms with E-state index >= 15 is 0 Å². The van der Waals surface area contributed by atoms with Crippen LogP contribution >= 0.6 is 0 Å². The number of carboxylic acid groups (broad SMARTS) is 1. The molecule has 0 unspecified atom stereocenters. The molecule has 2 heterocycles. The quantitative estimate of drug-likeness (QED) is 0.622. The van der Waals surface area contributed by atoms with E-state index in [0.717, 1.165) is 16.8 Å². The highest BCUT2D eigenvalue weighted by atomic mass is 16.4.